The molecule has 5 N–H and O–H groups in total. The van der Waals surface area contributed by atoms with Crippen molar-refractivity contribution >= 4 is 21.9 Å². The van der Waals surface area contributed by atoms with E-state index in [0.717, 1.165) is 16.8 Å². The predicted molar refractivity (Wildman–Crippen MR) is 168 cm³/mol. The van der Waals surface area contributed by atoms with Gasteiger partial charge in [0.1, 0.15) is 11.5 Å². The Morgan fingerprint density at radius 2 is 1.20 bits per heavy atom. The van der Waals surface area contributed by atoms with Crippen LogP contribution in [0.1, 0.15) is 21.0 Å². The largest absolute Gasteiger partial charge is 0.534 e. The van der Waals surface area contributed by atoms with Crippen LogP contribution in [0.2, 0.25) is 0 Å². The summed E-state index contributed by atoms with van der Waals surface area (Å²) in [6, 6.07) is 21.6. The predicted octanol–water partition coefficient (Wildman–Crippen LogP) is 4.00. The zero-order valence-electron chi connectivity index (χ0n) is 24.8. The highest BCUT2D eigenvalue weighted by molar-refractivity contribution is 7.88. The summed E-state index contributed by atoms with van der Waals surface area (Å²) in [5, 5.41) is 17.7. The maximum atomic E-state index is 12.5. The second-order valence-electron chi connectivity index (χ2n) is 9.83. The van der Waals surface area contributed by atoms with Gasteiger partial charge in [-0.05, 0) is 48.5 Å². The first kappa shape index (κ1) is 33.8. The van der Waals surface area contributed by atoms with Gasteiger partial charge in [-0.25, -0.2) is 9.36 Å². The van der Waals surface area contributed by atoms with Gasteiger partial charge in [-0.3, -0.25) is 19.6 Å². The summed E-state index contributed by atoms with van der Waals surface area (Å²) < 4.78 is 66.5. The van der Waals surface area contributed by atoms with Crippen molar-refractivity contribution in [1.82, 2.24) is 29.5 Å². The number of alkyl halides is 3. The van der Waals surface area contributed by atoms with Crippen molar-refractivity contribution in [3.63, 3.8) is 0 Å². The number of phenols is 1. The highest BCUT2D eigenvalue weighted by Gasteiger charge is 2.48. The molecule has 0 unspecified atom stereocenters. The second-order valence-corrected chi connectivity index (χ2v) is 11.4. The Bertz CT molecular complexity index is 2240. The molecule has 2 amide bonds. The molecule has 0 fully saturated rings. The van der Waals surface area contributed by atoms with Crippen molar-refractivity contribution in [1.29, 1.82) is 0 Å². The average molecular weight is 693 g/mol. The average Bonchev–Trinajstić information content (AvgIpc) is 3.72. The molecule has 0 bridgehead atoms. The van der Waals surface area contributed by atoms with Crippen LogP contribution in [0.3, 0.4) is 0 Å². The molecule has 6 rings (SSSR count). The van der Waals surface area contributed by atoms with Crippen molar-refractivity contribution < 1.29 is 40.5 Å². The lowest BCUT2D eigenvalue weighted by molar-refractivity contribution is -0.0500. The van der Waals surface area contributed by atoms with Gasteiger partial charge in [0.25, 0.3) is 11.8 Å². The van der Waals surface area contributed by atoms with Crippen molar-refractivity contribution in [2.24, 2.45) is 11.5 Å². The van der Waals surface area contributed by atoms with Crippen LogP contribution in [0.5, 0.6) is 11.5 Å². The SMILES string of the molecule is NC(=O)c1nn(-c2cccc(O)c2)cc1-c1ccccn1.NC(=O)c1nn(-c2cccc(OS(=O)(=O)C(F)(F)F)c2)cc1-c1ccccn1. The zero-order chi connectivity index (χ0) is 35.3. The highest BCUT2D eigenvalue weighted by atomic mass is 32.2. The Morgan fingerprint density at radius 3 is 1.63 bits per heavy atom. The van der Waals surface area contributed by atoms with Crippen LogP contribution >= 0.6 is 0 Å². The van der Waals surface area contributed by atoms with E-state index >= 15 is 0 Å². The monoisotopic (exact) mass is 692 g/mol. The van der Waals surface area contributed by atoms with E-state index in [9.17, 15) is 36.3 Å². The van der Waals surface area contributed by atoms with E-state index in [1.165, 1.54) is 29.2 Å². The summed E-state index contributed by atoms with van der Waals surface area (Å²) in [6.07, 6.45) is 6.18. The first-order valence-electron chi connectivity index (χ1n) is 13.8. The normalized spacial score (nSPS) is 11.3. The van der Waals surface area contributed by atoms with Crippen molar-refractivity contribution in [2.75, 3.05) is 0 Å². The van der Waals surface area contributed by atoms with Crippen LogP contribution in [-0.4, -0.2) is 60.4 Å². The summed E-state index contributed by atoms with van der Waals surface area (Å²) in [5.74, 6) is -1.94. The molecule has 0 aliphatic rings. The lowest BCUT2D eigenvalue weighted by Crippen LogP contribution is -2.28. The number of benzene rings is 2. The molecular weight excluding hydrogens is 669 g/mol. The lowest BCUT2D eigenvalue weighted by Gasteiger charge is -2.10. The number of halogens is 3. The second kappa shape index (κ2) is 13.7. The number of primary amides is 2. The summed E-state index contributed by atoms with van der Waals surface area (Å²) in [6.45, 7) is 0. The minimum atomic E-state index is -5.82. The number of amides is 2. The minimum Gasteiger partial charge on any atom is -0.508 e. The number of aromatic hydroxyl groups is 1. The van der Waals surface area contributed by atoms with E-state index in [1.54, 1.807) is 67.0 Å². The Labute approximate surface area is 275 Å². The Morgan fingerprint density at radius 1 is 0.714 bits per heavy atom. The van der Waals surface area contributed by atoms with E-state index in [4.69, 9.17) is 11.5 Å². The van der Waals surface area contributed by atoms with E-state index in [-0.39, 0.29) is 22.8 Å². The van der Waals surface area contributed by atoms with E-state index in [2.05, 4.69) is 24.3 Å². The molecule has 6 aromatic rings. The fourth-order valence-electron chi connectivity index (χ4n) is 4.28. The Kier molecular flexibility index (Phi) is 9.42. The van der Waals surface area contributed by atoms with Gasteiger partial charge in [0.15, 0.2) is 11.4 Å². The fourth-order valence-corrected chi connectivity index (χ4v) is 4.73. The van der Waals surface area contributed by atoms with Crippen LogP contribution < -0.4 is 15.7 Å². The summed E-state index contributed by atoms with van der Waals surface area (Å²) in [7, 11) is -5.82. The molecule has 2 aromatic carbocycles. The summed E-state index contributed by atoms with van der Waals surface area (Å²) in [5.41, 5.74) is 7.77. The fraction of sp³-hybridized carbons (Fsp3) is 0.0323. The quantitative estimate of drug-likeness (QED) is 0.154. The molecule has 0 spiro atoms. The number of phenolic OH excluding ortho intramolecular Hbond substituents is 1. The van der Waals surface area contributed by atoms with Crippen molar-refractivity contribution in [3.05, 3.63) is 121 Å². The number of nitrogens with two attached hydrogens (primary N) is 2. The number of pyridine rings is 2. The third-order valence-electron chi connectivity index (χ3n) is 6.44. The van der Waals surface area contributed by atoms with Crippen LogP contribution in [0.25, 0.3) is 33.9 Å². The molecule has 4 aromatic heterocycles. The maximum absolute atomic E-state index is 12.5. The molecule has 18 heteroatoms. The maximum Gasteiger partial charge on any atom is 0.534 e. The number of nitrogens with zero attached hydrogens (tertiary/aromatic N) is 6. The first-order valence-corrected chi connectivity index (χ1v) is 15.2. The number of carbonyl (C=O) groups excluding carboxylic acids is 2. The van der Waals surface area contributed by atoms with Gasteiger partial charge in [0.2, 0.25) is 0 Å². The van der Waals surface area contributed by atoms with Gasteiger partial charge in [-0.15, -0.1) is 0 Å². The van der Waals surface area contributed by atoms with E-state index in [1.807, 2.05) is 6.07 Å². The zero-order valence-corrected chi connectivity index (χ0v) is 25.6. The van der Waals surface area contributed by atoms with Crippen molar-refractivity contribution in [2.45, 2.75) is 5.51 Å². The molecule has 14 nitrogen and oxygen atoms in total. The molecule has 0 atom stereocenters. The number of aromatic nitrogens is 6. The van der Waals surface area contributed by atoms with Gasteiger partial charge in [0.05, 0.1) is 33.9 Å². The van der Waals surface area contributed by atoms with Crippen LogP contribution in [0.4, 0.5) is 13.2 Å². The van der Waals surface area contributed by atoms with Gasteiger partial charge >= 0.3 is 15.6 Å². The van der Waals surface area contributed by atoms with Gasteiger partial charge in [-0.2, -0.15) is 31.8 Å². The lowest BCUT2D eigenvalue weighted by atomic mass is 10.1. The smallest absolute Gasteiger partial charge is 0.508 e. The number of hydrogen-bond donors (Lipinski definition) is 3. The van der Waals surface area contributed by atoms with Crippen LogP contribution in [-0.2, 0) is 10.1 Å². The van der Waals surface area contributed by atoms with Gasteiger partial charge in [0, 0.05) is 36.9 Å². The van der Waals surface area contributed by atoms with Gasteiger partial charge < -0.3 is 20.8 Å². The molecule has 4 heterocycles. The third kappa shape index (κ3) is 7.71. The highest BCUT2D eigenvalue weighted by Crippen LogP contribution is 2.29. The third-order valence-corrected chi connectivity index (χ3v) is 7.42. The van der Waals surface area contributed by atoms with E-state index in [0.29, 0.717) is 28.2 Å². The van der Waals surface area contributed by atoms with Crippen LogP contribution in [0, 0.1) is 0 Å². The van der Waals surface area contributed by atoms with Gasteiger partial charge in [-0.1, -0.05) is 24.3 Å². The number of carbonyl (C=O) groups is 2. The summed E-state index contributed by atoms with van der Waals surface area (Å²) in [4.78, 5) is 31.6. The Balaban J connectivity index is 0.000000199. The molecule has 49 heavy (non-hydrogen) atoms. The number of hydrogen-bond acceptors (Lipinski definition) is 10. The topological polar surface area (TPSA) is 211 Å². The molecular formula is C31H23F3N8O6S. The van der Waals surface area contributed by atoms with E-state index < -0.39 is 33.2 Å². The number of rotatable bonds is 8. The molecule has 0 saturated carbocycles. The minimum absolute atomic E-state index is 0.114. The Hall–Kier alpha value is -6.56. The summed E-state index contributed by atoms with van der Waals surface area (Å²) >= 11 is 0. The molecule has 0 aliphatic heterocycles. The molecule has 250 valence electrons. The molecule has 0 radical (unpaired) electrons. The van der Waals surface area contributed by atoms with Crippen LogP contribution in [0.15, 0.2) is 110 Å². The first-order chi connectivity index (χ1) is 23.2. The molecule has 0 saturated heterocycles. The standard InChI is InChI=1S/C16H11F3N4O4S.C15H12N4O2/c17-16(18,19)28(25,26)27-11-5-3-4-10(8-11)23-9-12(14(22-23)15(20)24)13-6-1-2-7-21-13;16-15(21)14-12(13-6-1-2-7-17-13)9-19(18-14)10-4-3-5-11(20)8-10/h1-9H,(H2,20,24);1-9,20H,(H2,16,21). The molecule has 0 aliphatic carbocycles. The van der Waals surface area contributed by atoms with Crippen molar-refractivity contribution in [3.8, 4) is 45.4 Å².